The van der Waals surface area contributed by atoms with Gasteiger partial charge < -0.3 is 0 Å². The number of para-hydroxylation sites is 1. The van der Waals surface area contributed by atoms with E-state index in [2.05, 4.69) is 24.4 Å². The zero-order chi connectivity index (χ0) is 28.9. The molecule has 0 spiro atoms. The van der Waals surface area contributed by atoms with Gasteiger partial charge in [-0.3, -0.25) is 0 Å². The van der Waals surface area contributed by atoms with Gasteiger partial charge in [0.15, 0.2) is 0 Å². The number of nitrogen functional groups attached to an aromatic ring is 1. The predicted octanol–water partition coefficient (Wildman–Crippen LogP) is -0.240. The Morgan fingerprint density at radius 2 is 2.12 bits per heavy atom. The molecule has 0 saturated carbocycles. The van der Waals surface area contributed by atoms with Gasteiger partial charge in [0.2, 0.25) is 0 Å². The summed E-state index contributed by atoms with van der Waals surface area (Å²) in [7, 11) is 3.68. The van der Waals surface area contributed by atoms with Crippen LogP contribution in [-0.2, 0) is 23.4 Å². The van der Waals surface area contributed by atoms with E-state index in [-0.39, 0.29) is 25.1 Å². The molecule has 4 rings (SSSR count). The summed E-state index contributed by atoms with van der Waals surface area (Å²) in [6.45, 7) is 3.57. The zero-order valence-electron chi connectivity index (χ0n) is 22.6. The van der Waals surface area contributed by atoms with Crippen LogP contribution in [0.15, 0.2) is 36.7 Å². The summed E-state index contributed by atoms with van der Waals surface area (Å²) < 4.78 is 41.6. The Kier molecular flexibility index (Phi) is 9.85. The Morgan fingerprint density at radius 1 is 1.38 bits per heavy atom. The number of carbonyl (C=O) groups is 1. The van der Waals surface area contributed by atoms with Gasteiger partial charge >= 0.3 is 243 Å². The van der Waals surface area contributed by atoms with Crippen molar-refractivity contribution in [3.05, 3.63) is 36.7 Å². The van der Waals surface area contributed by atoms with Gasteiger partial charge in [0.1, 0.15) is 0 Å². The van der Waals surface area contributed by atoms with Crippen molar-refractivity contribution in [2.75, 3.05) is 37.9 Å². The number of hydrogen-bond acceptors (Lipinski definition) is 12. The predicted molar refractivity (Wildman–Crippen MR) is 145 cm³/mol. The third-order valence-corrected chi connectivity index (χ3v) is 12.0. The molecule has 0 radical (unpaired) electrons. The van der Waals surface area contributed by atoms with Crippen LogP contribution in [0.5, 0.6) is 5.75 Å². The Hall–Kier alpha value is -2.96. The fourth-order valence-electron chi connectivity index (χ4n) is 3.97. The summed E-state index contributed by atoms with van der Waals surface area (Å²) in [5.41, 5.74) is 7.01. The molecular formula is C25H32IN7O6P-. The van der Waals surface area contributed by atoms with Crippen molar-refractivity contribution in [2.45, 2.75) is 38.6 Å². The molecule has 1 fully saturated rings. The second kappa shape index (κ2) is 13.1. The van der Waals surface area contributed by atoms with Crippen LogP contribution < -0.4 is 39.6 Å². The number of carbonyl (C=O) groups excluding carboxylic acids is 1. The van der Waals surface area contributed by atoms with Crippen LogP contribution in [0.3, 0.4) is 0 Å². The van der Waals surface area contributed by atoms with Crippen molar-refractivity contribution in [1.29, 1.82) is 0 Å². The molecule has 13 nitrogen and oxygen atoms in total. The number of anilines is 2. The van der Waals surface area contributed by atoms with E-state index in [1.807, 2.05) is 20.2 Å². The third kappa shape index (κ3) is 7.02. The Bertz CT molecular complexity index is 1420. The first-order valence-electron chi connectivity index (χ1n) is 12.5. The van der Waals surface area contributed by atoms with Gasteiger partial charge in [0, 0.05) is 0 Å². The minimum atomic E-state index is -3.68. The van der Waals surface area contributed by atoms with Gasteiger partial charge in [-0.05, 0) is 0 Å². The summed E-state index contributed by atoms with van der Waals surface area (Å²) in [6.07, 6.45) is 6.82. The van der Waals surface area contributed by atoms with Crippen molar-refractivity contribution in [3.63, 3.8) is 0 Å². The van der Waals surface area contributed by atoms with Crippen molar-refractivity contribution < 1.29 is 48.8 Å². The number of nitrogens with zero attached hydrogens (tertiary/aromatic N) is 5. The maximum atomic E-state index is 13.8. The van der Waals surface area contributed by atoms with Gasteiger partial charge in [0.25, 0.3) is 0 Å². The Labute approximate surface area is 242 Å². The molecule has 0 bridgehead atoms. The van der Waals surface area contributed by atoms with Crippen molar-refractivity contribution >= 4 is 34.1 Å². The van der Waals surface area contributed by atoms with Crippen LogP contribution in [0.25, 0.3) is 11.2 Å². The fraction of sp³-hybridized carbons (Fsp3) is 0.440. The third-order valence-electron chi connectivity index (χ3n) is 5.85. The first kappa shape index (κ1) is 30.0. The van der Waals surface area contributed by atoms with E-state index in [4.69, 9.17) is 30.7 Å². The van der Waals surface area contributed by atoms with Gasteiger partial charge in [-0.25, -0.2) is 0 Å². The van der Waals surface area contributed by atoms with Crippen LogP contribution in [0.1, 0.15) is 26.5 Å². The molecule has 3 heterocycles. The van der Waals surface area contributed by atoms with E-state index in [1.165, 1.54) is 0 Å². The van der Waals surface area contributed by atoms with Crippen LogP contribution >= 0.6 is 5.24 Å². The summed E-state index contributed by atoms with van der Waals surface area (Å²) in [4.78, 5) is 27.0. The Balaban J connectivity index is 1.50. The number of imidazole rings is 1. The molecule has 1 aliphatic rings. The second-order valence-corrected chi connectivity index (χ2v) is 16.2. The fourth-order valence-corrected chi connectivity index (χ4v) is 9.50. The summed E-state index contributed by atoms with van der Waals surface area (Å²) in [6, 6.07) is 8.05. The van der Waals surface area contributed by atoms with E-state index in [0.717, 1.165) is 0 Å². The standard InChI is InChI=1S/C25H32IN7O6P/c1-6-17-13-19(38-23(17)33-15-28-20-21(32(4)5)29-25(27)30-22(20)33)14-37-40(35,39-18-11-9-8-10-12-18)26-31-16(3)24(34)36-7-2/h1,8-12,15-17,19,23,31H,7,13-14H2,2-5H3,(H2,27,29,30)/q-1/t16-,17+,19+,23-,40-/m1/s1. The van der Waals surface area contributed by atoms with Crippen LogP contribution in [0.2, 0.25) is 0 Å². The number of nitrogens with two attached hydrogens (primary N) is 1. The quantitative estimate of drug-likeness (QED) is 0.0851. The molecule has 3 N–H and O–H groups in total. The number of nitrogens with one attached hydrogen (secondary N) is 1. The average Bonchev–Trinajstić information content (AvgIpc) is 3.54. The number of halogens is 1. The van der Waals surface area contributed by atoms with Crippen LogP contribution in [0.4, 0.5) is 11.8 Å². The average molecular weight is 684 g/mol. The van der Waals surface area contributed by atoms with E-state index in [0.29, 0.717) is 29.2 Å². The SMILES string of the molecule is C#C[C@H]1C[C@@H](CO[P@@](=O)(Oc2ccccc2)[I-]N[C@H](C)C(=O)OCC)O[C@H]1n1cnc2c(N(C)C)nc(N)nc21. The van der Waals surface area contributed by atoms with E-state index >= 15 is 0 Å². The minimum absolute atomic E-state index is 0.0410. The van der Waals surface area contributed by atoms with Gasteiger partial charge in [-0.2, -0.15) is 0 Å². The molecule has 40 heavy (non-hydrogen) atoms. The number of fused-ring (bicyclic) bond motifs is 1. The number of hydrogen-bond donors (Lipinski definition) is 2. The molecule has 1 saturated heterocycles. The van der Waals surface area contributed by atoms with Crippen LogP contribution in [-0.4, -0.2) is 64.9 Å². The number of esters is 1. The molecule has 216 valence electrons. The zero-order valence-corrected chi connectivity index (χ0v) is 25.6. The second-order valence-electron chi connectivity index (χ2n) is 9.08. The first-order valence-corrected chi connectivity index (χ1v) is 17.9. The number of ether oxygens (including phenoxy) is 2. The number of benzene rings is 1. The molecular weight excluding hydrogens is 652 g/mol. The summed E-state index contributed by atoms with van der Waals surface area (Å²) >= 11 is -1.45. The Morgan fingerprint density at radius 3 is 2.80 bits per heavy atom. The molecule has 2 aromatic heterocycles. The molecule has 3 aromatic rings. The van der Waals surface area contributed by atoms with Crippen molar-refractivity contribution in [2.24, 2.45) is 5.92 Å². The number of aromatic nitrogens is 4. The first-order chi connectivity index (χ1) is 19.1. The molecule has 0 amide bonds. The van der Waals surface area contributed by atoms with Gasteiger partial charge in [-0.15, -0.1) is 0 Å². The van der Waals surface area contributed by atoms with E-state index in [9.17, 15) is 9.36 Å². The topological polar surface area (TPSA) is 156 Å². The molecule has 1 aromatic carbocycles. The number of rotatable bonds is 12. The van der Waals surface area contributed by atoms with Gasteiger partial charge in [-0.1, -0.05) is 0 Å². The summed E-state index contributed by atoms with van der Waals surface area (Å²) in [5.74, 6) is 3.06. The monoisotopic (exact) mass is 684 g/mol. The molecule has 1 aliphatic heterocycles. The maximum absolute atomic E-state index is 13.8. The van der Waals surface area contributed by atoms with Crippen LogP contribution in [0, 0.1) is 18.3 Å². The normalized spacial score (nSPS) is 21.0. The van der Waals surface area contributed by atoms with E-state index < -0.39 is 50.5 Å². The molecule has 0 aliphatic carbocycles. The van der Waals surface area contributed by atoms with Gasteiger partial charge in [0.05, 0.1) is 0 Å². The molecule has 0 unspecified atom stereocenters. The molecule has 15 heteroatoms. The van der Waals surface area contributed by atoms with Crippen molar-refractivity contribution in [1.82, 2.24) is 23.0 Å². The summed E-state index contributed by atoms with van der Waals surface area (Å²) in [5, 5.41) is -3.68. The van der Waals surface area contributed by atoms with E-state index in [1.54, 1.807) is 53.9 Å². The number of terminal acetylenes is 1. The van der Waals surface area contributed by atoms with Crippen molar-refractivity contribution in [3.8, 4) is 18.1 Å². The molecule has 5 atom stereocenters.